The third-order valence-corrected chi connectivity index (χ3v) is 6.35. The van der Waals surface area contributed by atoms with Gasteiger partial charge in [0.15, 0.2) is 5.13 Å². The smallest absolute Gasteiger partial charge is 0.263 e. The summed E-state index contributed by atoms with van der Waals surface area (Å²) in [5.74, 6) is 0.308. The van der Waals surface area contributed by atoms with Gasteiger partial charge in [-0.1, -0.05) is 35.9 Å². The zero-order valence-corrected chi connectivity index (χ0v) is 19.0. The monoisotopic (exact) mass is 454 g/mol. The standard InChI is InChI=1S/C23H23ClN4O2S/c1-3-16-5-7-19-21(13-16)31-23(26-19)28(11-4-10-27-12-9-25-15-27)22(29)18-14-17(24)6-8-20(18)30-2/h5-9,12-15H,3-4,10-11H2,1-2H3. The predicted molar refractivity (Wildman–Crippen MR) is 126 cm³/mol. The fourth-order valence-corrected chi connectivity index (χ4v) is 4.63. The number of aromatic nitrogens is 3. The summed E-state index contributed by atoms with van der Waals surface area (Å²) in [5.41, 5.74) is 2.56. The molecule has 2 heterocycles. The van der Waals surface area contributed by atoms with E-state index in [1.54, 1.807) is 42.7 Å². The Morgan fingerprint density at radius 2 is 2.13 bits per heavy atom. The van der Waals surface area contributed by atoms with Gasteiger partial charge in [0.05, 0.1) is 29.2 Å². The zero-order chi connectivity index (χ0) is 21.8. The lowest BCUT2D eigenvalue weighted by atomic mass is 10.1. The molecule has 0 aliphatic heterocycles. The lowest BCUT2D eigenvalue weighted by Crippen LogP contribution is -2.32. The fraction of sp³-hybridized carbons (Fsp3) is 0.261. The number of hydrogen-bond donors (Lipinski definition) is 0. The summed E-state index contributed by atoms with van der Waals surface area (Å²) in [6.45, 7) is 3.38. The van der Waals surface area contributed by atoms with Crippen molar-refractivity contribution in [2.24, 2.45) is 0 Å². The van der Waals surface area contributed by atoms with Gasteiger partial charge in [0.1, 0.15) is 5.75 Å². The van der Waals surface area contributed by atoms with Crippen LogP contribution in [-0.2, 0) is 13.0 Å². The molecule has 0 radical (unpaired) electrons. The van der Waals surface area contributed by atoms with E-state index in [4.69, 9.17) is 21.3 Å². The molecule has 0 fully saturated rings. The quantitative estimate of drug-likeness (QED) is 0.355. The highest BCUT2D eigenvalue weighted by atomic mass is 35.5. The largest absolute Gasteiger partial charge is 0.496 e. The van der Waals surface area contributed by atoms with Crippen LogP contribution in [0.15, 0.2) is 55.1 Å². The van der Waals surface area contributed by atoms with Crippen LogP contribution in [0.4, 0.5) is 5.13 Å². The Bertz CT molecular complexity index is 1190. The first kappa shape index (κ1) is 21.3. The number of benzene rings is 2. The molecule has 31 heavy (non-hydrogen) atoms. The molecule has 0 bridgehead atoms. The van der Waals surface area contributed by atoms with Gasteiger partial charge in [-0.2, -0.15) is 0 Å². The SMILES string of the molecule is CCc1ccc2nc(N(CCCn3ccnc3)C(=O)c3cc(Cl)ccc3OC)sc2c1. The second kappa shape index (κ2) is 9.49. The Labute approximate surface area is 190 Å². The predicted octanol–water partition coefficient (Wildman–Crippen LogP) is 5.45. The molecule has 4 aromatic rings. The molecule has 0 unspecified atom stereocenters. The maximum absolute atomic E-state index is 13.6. The highest BCUT2D eigenvalue weighted by Crippen LogP contribution is 2.32. The van der Waals surface area contributed by atoms with Gasteiger partial charge in [-0.25, -0.2) is 9.97 Å². The number of imidazole rings is 1. The first-order valence-electron chi connectivity index (χ1n) is 10.1. The molecule has 2 aromatic heterocycles. The van der Waals surface area contributed by atoms with E-state index in [1.807, 2.05) is 16.8 Å². The average molecular weight is 455 g/mol. The van der Waals surface area contributed by atoms with Crippen LogP contribution in [0.5, 0.6) is 5.75 Å². The first-order chi connectivity index (χ1) is 15.1. The lowest BCUT2D eigenvalue weighted by molar-refractivity contribution is 0.0983. The van der Waals surface area contributed by atoms with E-state index in [0.29, 0.717) is 28.0 Å². The Balaban J connectivity index is 1.68. The number of halogens is 1. The van der Waals surface area contributed by atoms with Crippen molar-refractivity contribution in [3.05, 3.63) is 71.3 Å². The number of aryl methyl sites for hydroxylation is 2. The van der Waals surface area contributed by atoms with Crippen molar-refractivity contribution in [1.29, 1.82) is 0 Å². The van der Waals surface area contributed by atoms with Crippen molar-refractivity contribution in [3.63, 3.8) is 0 Å². The third-order valence-electron chi connectivity index (χ3n) is 5.08. The Kier molecular flexibility index (Phi) is 6.53. The number of thiazole rings is 1. The molecule has 6 nitrogen and oxygen atoms in total. The first-order valence-corrected chi connectivity index (χ1v) is 11.3. The highest BCUT2D eigenvalue weighted by Gasteiger charge is 2.24. The van der Waals surface area contributed by atoms with Crippen molar-refractivity contribution >= 4 is 44.2 Å². The molecule has 4 rings (SSSR count). The van der Waals surface area contributed by atoms with Crippen molar-refractivity contribution in [2.75, 3.05) is 18.6 Å². The number of nitrogens with zero attached hydrogens (tertiary/aromatic N) is 4. The summed E-state index contributed by atoms with van der Waals surface area (Å²) in [7, 11) is 1.55. The molecular formula is C23H23ClN4O2S. The van der Waals surface area contributed by atoms with Gasteiger partial charge >= 0.3 is 0 Å². The molecule has 0 spiro atoms. The normalized spacial score (nSPS) is 11.1. The molecular weight excluding hydrogens is 432 g/mol. The van der Waals surface area contributed by atoms with Crippen LogP contribution < -0.4 is 9.64 Å². The maximum Gasteiger partial charge on any atom is 0.263 e. The lowest BCUT2D eigenvalue weighted by Gasteiger charge is -2.21. The second-order valence-corrected chi connectivity index (χ2v) is 8.55. The molecule has 2 aromatic carbocycles. The van der Waals surface area contributed by atoms with E-state index in [2.05, 4.69) is 24.0 Å². The second-order valence-electron chi connectivity index (χ2n) is 7.11. The number of rotatable bonds is 8. The van der Waals surface area contributed by atoms with Gasteiger partial charge in [-0.15, -0.1) is 0 Å². The number of fused-ring (bicyclic) bond motifs is 1. The van der Waals surface area contributed by atoms with Crippen LogP contribution in [0.1, 0.15) is 29.3 Å². The number of carbonyl (C=O) groups is 1. The van der Waals surface area contributed by atoms with Gasteiger partial charge in [0.25, 0.3) is 5.91 Å². The summed E-state index contributed by atoms with van der Waals surface area (Å²) in [6.07, 6.45) is 7.14. The van der Waals surface area contributed by atoms with Gasteiger partial charge in [-0.3, -0.25) is 9.69 Å². The number of amides is 1. The van der Waals surface area contributed by atoms with Crippen LogP contribution in [-0.4, -0.2) is 34.1 Å². The molecule has 160 valence electrons. The number of methoxy groups -OCH3 is 1. The number of ether oxygens (including phenoxy) is 1. The third kappa shape index (κ3) is 4.73. The number of hydrogen-bond acceptors (Lipinski definition) is 5. The minimum atomic E-state index is -0.181. The Morgan fingerprint density at radius 3 is 2.87 bits per heavy atom. The highest BCUT2D eigenvalue weighted by molar-refractivity contribution is 7.22. The van der Waals surface area contributed by atoms with E-state index >= 15 is 0 Å². The topological polar surface area (TPSA) is 60.2 Å². The molecule has 0 atom stereocenters. The van der Waals surface area contributed by atoms with Gasteiger partial charge in [-0.05, 0) is 48.7 Å². The van der Waals surface area contributed by atoms with E-state index in [-0.39, 0.29) is 5.91 Å². The van der Waals surface area contributed by atoms with Crippen LogP contribution in [0.2, 0.25) is 5.02 Å². The van der Waals surface area contributed by atoms with Gasteiger partial charge in [0, 0.05) is 30.5 Å². The average Bonchev–Trinajstić information content (AvgIpc) is 3.45. The van der Waals surface area contributed by atoms with E-state index in [1.165, 1.54) is 16.9 Å². The number of anilines is 1. The molecule has 8 heteroatoms. The van der Waals surface area contributed by atoms with E-state index in [0.717, 1.165) is 29.6 Å². The van der Waals surface area contributed by atoms with E-state index < -0.39 is 0 Å². The van der Waals surface area contributed by atoms with Crippen LogP contribution >= 0.6 is 22.9 Å². The van der Waals surface area contributed by atoms with Crippen molar-refractivity contribution in [2.45, 2.75) is 26.3 Å². The Hall–Kier alpha value is -2.90. The number of carbonyl (C=O) groups excluding carboxylic acids is 1. The molecule has 0 saturated heterocycles. The molecule has 0 aliphatic carbocycles. The van der Waals surface area contributed by atoms with Crippen molar-refractivity contribution < 1.29 is 9.53 Å². The van der Waals surface area contributed by atoms with Crippen LogP contribution in [0.25, 0.3) is 10.2 Å². The summed E-state index contributed by atoms with van der Waals surface area (Å²) < 4.78 is 8.49. The summed E-state index contributed by atoms with van der Waals surface area (Å²) >= 11 is 7.71. The summed E-state index contributed by atoms with van der Waals surface area (Å²) in [6, 6.07) is 11.3. The summed E-state index contributed by atoms with van der Waals surface area (Å²) in [4.78, 5) is 24.2. The summed E-state index contributed by atoms with van der Waals surface area (Å²) in [5, 5.41) is 1.15. The molecule has 0 saturated carbocycles. The minimum Gasteiger partial charge on any atom is -0.496 e. The van der Waals surface area contributed by atoms with Crippen LogP contribution in [0.3, 0.4) is 0 Å². The van der Waals surface area contributed by atoms with Gasteiger partial charge < -0.3 is 9.30 Å². The van der Waals surface area contributed by atoms with Crippen molar-refractivity contribution in [3.8, 4) is 5.75 Å². The van der Waals surface area contributed by atoms with E-state index in [9.17, 15) is 4.79 Å². The fourth-order valence-electron chi connectivity index (χ4n) is 3.40. The van der Waals surface area contributed by atoms with Crippen molar-refractivity contribution in [1.82, 2.24) is 14.5 Å². The zero-order valence-electron chi connectivity index (χ0n) is 17.4. The van der Waals surface area contributed by atoms with Crippen LogP contribution in [0, 0.1) is 0 Å². The minimum absolute atomic E-state index is 0.181. The molecule has 0 aliphatic rings. The molecule has 1 amide bonds. The van der Waals surface area contributed by atoms with Gasteiger partial charge in [0.2, 0.25) is 0 Å². The molecule has 0 N–H and O–H groups in total. The Morgan fingerprint density at radius 1 is 1.26 bits per heavy atom. The maximum atomic E-state index is 13.6.